The molecule has 2 nitrogen and oxygen atoms in total. The SMILES string of the molecule is CN(C)/C=C/C=C(Cl)/C=C/C=[N+](C)C. The second-order valence-electron chi connectivity index (χ2n) is 3.33. The quantitative estimate of drug-likeness (QED) is 0.394. The van der Waals surface area contributed by atoms with Gasteiger partial charge in [0.15, 0.2) is 6.21 Å². The second kappa shape index (κ2) is 7.39. The van der Waals surface area contributed by atoms with E-state index in [1.165, 1.54) is 0 Å². The average Bonchev–Trinajstić information content (AvgIpc) is 2.02. The van der Waals surface area contributed by atoms with Crippen LogP contribution in [0, 0.1) is 0 Å². The highest BCUT2D eigenvalue weighted by Crippen LogP contribution is 2.02. The fraction of sp³-hybridized carbons (Fsp3) is 0.364. The van der Waals surface area contributed by atoms with Crippen LogP contribution in [0.15, 0.2) is 35.5 Å². The minimum atomic E-state index is 0.709. The third kappa shape index (κ3) is 9.07. The first-order valence-corrected chi connectivity index (χ1v) is 4.78. The number of nitrogens with zero attached hydrogens (tertiary/aromatic N) is 2. The summed E-state index contributed by atoms with van der Waals surface area (Å²) in [4.78, 5) is 1.95. The van der Waals surface area contributed by atoms with Crippen molar-refractivity contribution >= 4 is 17.8 Å². The summed E-state index contributed by atoms with van der Waals surface area (Å²) >= 11 is 5.91. The van der Waals surface area contributed by atoms with E-state index < -0.39 is 0 Å². The molecule has 0 unspecified atom stereocenters. The van der Waals surface area contributed by atoms with E-state index in [1.807, 2.05) is 74.4 Å². The topological polar surface area (TPSA) is 6.25 Å². The van der Waals surface area contributed by atoms with Crippen molar-refractivity contribution in [1.82, 2.24) is 4.90 Å². The molecule has 0 atom stereocenters. The molecule has 0 N–H and O–H groups in total. The molecule has 0 aliphatic heterocycles. The summed E-state index contributed by atoms with van der Waals surface area (Å²) < 4.78 is 1.95. The molecule has 0 radical (unpaired) electrons. The monoisotopic (exact) mass is 213 g/mol. The van der Waals surface area contributed by atoms with E-state index >= 15 is 0 Å². The second-order valence-corrected chi connectivity index (χ2v) is 3.76. The Balaban J connectivity index is 4.14. The van der Waals surface area contributed by atoms with Gasteiger partial charge in [-0.3, -0.25) is 0 Å². The Hall–Kier alpha value is -1.02. The fourth-order valence-corrected chi connectivity index (χ4v) is 0.815. The van der Waals surface area contributed by atoms with Crippen LogP contribution in [0.2, 0.25) is 0 Å². The summed E-state index contributed by atoms with van der Waals surface area (Å²) in [6.07, 6.45) is 11.4. The Labute approximate surface area is 91.5 Å². The molecule has 0 saturated heterocycles. The molecule has 0 rings (SSSR count). The highest BCUT2D eigenvalue weighted by Gasteiger charge is 1.82. The van der Waals surface area contributed by atoms with Crippen LogP contribution in [0.4, 0.5) is 0 Å². The van der Waals surface area contributed by atoms with Gasteiger partial charge in [0.1, 0.15) is 14.1 Å². The lowest BCUT2D eigenvalue weighted by Crippen LogP contribution is -1.99. The van der Waals surface area contributed by atoms with Crippen LogP contribution < -0.4 is 0 Å². The summed E-state index contributed by atoms with van der Waals surface area (Å²) in [5, 5.41) is 0.709. The Kier molecular flexibility index (Phi) is 6.85. The first-order chi connectivity index (χ1) is 6.52. The van der Waals surface area contributed by atoms with E-state index in [0.717, 1.165) is 0 Å². The predicted octanol–water partition coefficient (Wildman–Crippen LogP) is 2.08. The van der Waals surface area contributed by atoms with Crippen molar-refractivity contribution in [3.8, 4) is 0 Å². The van der Waals surface area contributed by atoms with Gasteiger partial charge in [-0.15, -0.1) is 0 Å². The van der Waals surface area contributed by atoms with Crippen LogP contribution in [0.1, 0.15) is 0 Å². The van der Waals surface area contributed by atoms with E-state index in [1.54, 1.807) is 0 Å². The maximum Gasteiger partial charge on any atom is 0.162 e. The first kappa shape index (κ1) is 13.0. The molecule has 0 aromatic carbocycles. The van der Waals surface area contributed by atoms with Gasteiger partial charge in [-0.25, -0.2) is 4.58 Å². The Morgan fingerprint density at radius 2 is 1.86 bits per heavy atom. The number of allylic oxidation sites excluding steroid dienone is 5. The van der Waals surface area contributed by atoms with Gasteiger partial charge in [0, 0.05) is 25.2 Å². The average molecular weight is 214 g/mol. The van der Waals surface area contributed by atoms with Crippen molar-refractivity contribution in [1.29, 1.82) is 0 Å². The largest absolute Gasteiger partial charge is 0.383 e. The van der Waals surface area contributed by atoms with Crippen molar-refractivity contribution in [2.75, 3.05) is 28.2 Å². The third-order valence-electron chi connectivity index (χ3n) is 1.28. The number of hydrogen-bond donors (Lipinski definition) is 0. The van der Waals surface area contributed by atoms with Crippen LogP contribution in [0.3, 0.4) is 0 Å². The lowest BCUT2D eigenvalue weighted by molar-refractivity contribution is -0.458. The standard InChI is InChI=1S/C11H18ClN2/c1-13(2)9-5-7-11(12)8-6-10-14(3)4/h5-10H,1-4H3/q+1. The van der Waals surface area contributed by atoms with Gasteiger partial charge in [-0.1, -0.05) is 11.6 Å². The molecule has 3 heteroatoms. The van der Waals surface area contributed by atoms with Crippen molar-refractivity contribution < 1.29 is 4.58 Å². The molecule has 0 spiro atoms. The molecular formula is C11H18ClN2+. The normalized spacial score (nSPS) is 12.5. The van der Waals surface area contributed by atoms with Crippen molar-refractivity contribution in [3.05, 3.63) is 35.5 Å². The highest BCUT2D eigenvalue weighted by atomic mass is 35.5. The van der Waals surface area contributed by atoms with E-state index in [-0.39, 0.29) is 0 Å². The van der Waals surface area contributed by atoms with Crippen LogP contribution in [0.25, 0.3) is 0 Å². The first-order valence-electron chi connectivity index (χ1n) is 4.40. The van der Waals surface area contributed by atoms with Crippen molar-refractivity contribution in [2.45, 2.75) is 0 Å². The van der Waals surface area contributed by atoms with Crippen LogP contribution in [-0.4, -0.2) is 43.9 Å². The predicted molar refractivity (Wildman–Crippen MR) is 64.1 cm³/mol. The van der Waals surface area contributed by atoms with E-state index in [0.29, 0.717) is 5.03 Å². The van der Waals surface area contributed by atoms with Crippen molar-refractivity contribution in [3.63, 3.8) is 0 Å². The zero-order chi connectivity index (χ0) is 11.0. The maximum absolute atomic E-state index is 5.91. The molecule has 0 saturated carbocycles. The molecule has 0 aromatic rings. The minimum Gasteiger partial charge on any atom is -0.383 e. The van der Waals surface area contributed by atoms with Gasteiger partial charge >= 0.3 is 0 Å². The summed E-state index contributed by atoms with van der Waals surface area (Å²) in [5.41, 5.74) is 0. The van der Waals surface area contributed by atoms with Gasteiger partial charge < -0.3 is 4.90 Å². The van der Waals surface area contributed by atoms with Gasteiger partial charge in [-0.2, -0.15) is 0 Å². The Bertz CT molecular complexity index is 269. The zero-order valence-electron chi connectivity index (χ0n) is 9.24. The molecule has 0 aliphatic rings. The van der Waals surface area contributed by atoms with E-state index in [4.69, 9.17) is 11.6 Å². The summed E-state index contributed by atoms with van der Waals surface area (Å²) in [7, 11) is 7.86. The number of hydrogen-bond acceptors (Lipinski definition) is 1. The van der Waals surface area contributed by atoms with Crippen LogP contribution >= 0.6 is 11.6 Å². The lowest BCUT2D eigenvalue weighted by atomic mass is 10.4. The summed E-state index contributed by atoms with van der Waals surface area (Å²) in [6.45, 7) is 0. The van der Waals surface area contributed by atoms with Crippen LogP contribution in [0.5, 0.6) is 0 Å². The molecule has 0 aliphatic carbocycles. The van der Waals surface area contributed by atoms with Crippen molar-refractivity contribution in [2.24, 2.45) is 0 Å². The minimum absolute atomic E-state index is 0.709. The smallest absolute Gasteiger partial charge is 0.162 e. The Morgan fingerprint density at radius 3 is 2.36 bits per heavy atom. The molecule has 0 heterocycles. The molecule has 0 aromatic heterocycles. The molecule has 14 heavy (non-hydrogen) atoms. The third-order valence-corrected chi connectivity index (χ3v) is 1.53. The van der Waals surface area contributed by atoms with Gasteiger partial charge in [0.05, 0.1) is 0 Å². The fourth-order valence-electron chi connectivity index (χ4n) is 0.670. The summed E-state index contributed by atoms with van der Waals surface area (Å²) in [5.74, 6) is 0. The zero-order valence-corrected chi connectivity index (χ0v) is 9.99. The van der Waals surface area contributed by atoms with Crippen LogP contribution in [-0.2, 0) is 0 Å². The number of halogens is 1. The molecule has 0 amide bonds. The van der Waals surface area contributed by atoms with Gasteiger partial charge in [0.2, 0.25) is 0 Å². The molecular weight excluding hydrogens is 196 g/mol. The number of rotatable bonds is 4. The van der Waals surface area contributed by atoms with E-state index in [9.17, 15) is 0 Å². The molecule has 0 fully saturated rings. The molecule has 0 bridgehead atoms. The van der Waals surface area contributed by atoms with Gasteiger partial charge in [-0.05, 0) is 24.4 Å². The molecule has 78 valence electrons. The Morgan fingerprint density at radius 1 is 1.21 bits per heavy atom. The summed E-state index contributed by atoms with van der Waals surface area (Å²) in [6, 6.07) is 0. The van der Waals surface area contributed by atoms with Gasteiger partial charge in [0.25, 0.3) is 0 Å². The lowest BCUT2D eigenvalue weighted by Gasteiger charge is -2.00. The van der Waals surface area contributed by atoms with E-state index in [2.05, 4.69) is 0 Å². The maximum atomic E-state index is 5.91. The highest BCUT2D eigenvalue weighted by molar-refractivity contribution is 6.31.